The number of rotatable bonds is 3. The molecule has 2 N–H and O–H groups in total. The van der Waals surface area contributed by atoms with E-state index in [4.69, 9.17) is 10.5 Å². The zero-order chi connectivity index (χ0) is 10.7. The average molecular weight is 209 g/mol. The summed E-state index contributed by atoms with van der Waals surface area (Å²) in [5, 5.41) is 0. The predicted molar refractivity (Wildman–Crippen MR) is 57.2 cm³/mol. The van der Waals surface area contributed by atoms with Gasteiger partial charge >= 0.3 is 0 Å². The molecule has 82 valence electrons. The molecule has 0 spiro atoms. The van der Waals surface area contributed by atoms with Crippen molar-refractivity contribution in [2.75, 3.05) is 0 Å². The lowest BCUT2D eigenvalue weighted by Gasteiger charge is -2.13. The third kappa shape index (κ3) is 2.69. The predicted octanol–water partition coefficient (Wildman–Crippen LogP) is 2.61. The molecular weight excluding hydrogens is 193 g/mol. The normalized spacial score (nSPS) is 16.9. The van der Waals surface area contributed by atoms with Crippen LogP contribution in [0.15, 0.2) is 18.2 Å². The van der Waals surface area contributed by atoms with Gasteiger partial charge in [0.2, 0.25) is 0 Å². The van der Waals surface area contributed by atoms with Crippen molar-refractivity contribution in [2.24, 2.45) is 5.73 Å². The molecule has 0 saturated heterocycles. The van der Waals surface area contributed by atoms with Gasteiger partial charge in [-0.1, -0.05) is 0 Å². The zero-order valence-corrected chi connectivity index (χ0v) is 8.71. The molecule has 1 aromatic rings. The molecule has 0 radical (unpaired) electrons. The van der Waals surface area contributed by atoms with Gasteiger partial charge in [-0.05, 0) is 43.4 Å². The highest BCUT2D eigenvalue weighted by atomic mass is 19.1. The van der Waals surface area contributed by atoms with Gasteiger partial charge in [-0.15, -0.1) is 0 Å². The number of halogens is 1. The first kappa shape index (κ1) is 10.4. The summed E-state index contributed by atoms with van der Waals surface area (Å²) in [7, 11) is 0. The molecule has 0 unspecified atom stereocenters. The highest BCUT2D eigenvalue weighted by Gasteiger charge is 2.16. The molecule has 0 atom stereocenters. The van der Waals surface area contributed by atoms with Crippen molar-refractivity contribution in [3.05, 3.63) is 29.6 Å². The highest BCUT2D eigenvalue weighted by Crippen LogP contribution is 2.25. The van der Waals surface area contributed by atoms with Crippen LogP contribution < -0.4 is 10.5 Å². The maximum Gasteiger partial charge on any atom is 0.127 e. The summed E-state index contributed by atoms with van der Waals surface area (Å²) >= 11 is 0. The van der Waals surface area contributed by atoms with Gasteiger partial charge < -0.3 is 10.5 Å². The van der Waals surface area contributed by atoms with E-state index in [1.807, 2.05) is 6.07 Å². The number of hydrogen-bond acceptors (Lipinski definition) is 2. The van der Waals surface area contributed by atoms with Crippen molar-refractivity contribution in [2.45, 2.75) is 38.3 Å². The third-order valence-corrected chi connectivity index (χ3v) is 2.77. The van der Waals surface area contributed by atoms with E-state index < -0.39 is 0 Å². The second-order valence-corrected chi connectivity index (χ2v) is 4.02. The van der Waals surface area contributed by atoms with E-state index in [0.29, 0.717) is 12.3 Å². The van der Waals surface area contributed by atoms with Crippen LogP contribution in [0.25, 0.3) is 0 Å². The molecule has 1 aliphatic carbocycles. The molecule has 0 bridgehead atoms. The summed E-state index contributed by atoms with van der Waals surface area (Å²) in [6, 6.07) is 4.69. The van der Waals surface area contributed by atoms with Crippen LogP contribution >= 0.6 is 0 Å². The summed E-state index contributed by atoms with van der Waals surface area (Å²) in [5.74, 6) is 0.341. The fourth-order valence-electron chi connectivity index (χ4n) is 2.01. The van der Waals surface area contributed by atoms with E-state index >= 15 is 0 Å². The van der Waals surface area contributed by atoms with Crippen LogP contribution in [0.2, 0.25) is 0 Å². The van der Waals surface area contributed by atoms with E-state index in [2.05, 4.69) is 0 Å². The Balaban J connectivity index is 2.09. The van der Waals surface area contributed by atoms with Crippen LogP contribution in [0.3, 0.4) is 0 Å². The summed E-state index contributed by atoms with van der Waals surface area (Å²) in [6.45, 7) is 0.346. The molecule has 15 heavy (non-hydrogen) atoms. The monoisotopic (exact) mass is 209 g/mol. The minimum Gasteiger partial charge on any atom is -0.490 e. The van der Waals surface area contributed by atoms with Gasteiger partial charge in [-0.2, -0.15) is 0 Å². The number of ether oxygens (including phenoxy) is 1. The third-order valence-electron chi connectivity index (χ3n) is 2.77. The van der Waals surface area contributed by atoms with E-state index in [1.54, 1.807) is 0 Å². The maximum absolute atomic E-state index is 13.2. The SMILES string of the molecule is NCc1cc(F)cc(OC2CCCC2)c1. The minimum absolute atomic E-state index is 0.262. The maximum atomic E-state index is 13.2. The summed E-state index contributed by atoms with van der Waals surface area (Å²) in [4.78, 5) is 0. The second-order valence-electron chi connectivity index (χ2n) is 4.02. The topological polar surface area (TPSA) is 35.2 Å². The lowest BCUT2D eigenvalue weighted by molar-refractivity contribution is 0.209. The minimum atomic E-state index is -0.272. The zero-order valence-electron chi connectivity index (χ0n) is 8.71. The molecule has 0 aliphatic heterocycles. The molecular formula is C12H16FNO. The number of benzene rings is 1. The lowest BCUT2D eigenvalue weighted by Crippen LogP contribution is -2.11. The summed E-state index contributed by atoms with van der Waals surface area (Å²) in [5.41, 5.74) is 6.25. The smallest absolute Gasteiger partial charge is 0.127 e. The Morgan fingerprint density at radius 3 is 2.67 bits per heavy atom. The Hall–Kier alpha value is -1.09. The van der Waals surface area contributed by atoms with Crippen LogP contribution in [0, 0.1) is 5.82 Å². The Kier molecular flexibility index (Phi) is 3.21. The van der Waals surface area contributed by atoms with Crippen LogP contribution in [-0.2, 0) is 6.54 Å². The first-order chi connectivity index (χ1) is 7.28. The highest BCUT2D eigenvalue weighted by molar-refractivity contribution is 5.29. The van der Waals surface area contributed by atoms with E-state index in [9.17, 15) is 4.39 Å². The molecule has 1 saturated carbocycles. The van der Waals surface area contributed by atoms with Gasteiger partial charge in [-0.25, -0.2) is 4.39 Å². The van der Waals surface area contributed by atoms with E-state index in [-0.39, 0.29) is 11.9 Å². The fraction of sp³-hybridized carbons (Fsp3) is 0.500. The van der Waals surface area contributed by atoms with Crippen molar-refractivity contribution in [1.29, 1.82) is 0 Å². The molecule has 2 rings (SSSR count). The molecule has 3 heteroatoms. The molecule has 0 amide bonds. The van der Waals surface area contributed by atoms with Gasteiger partial charge in [0.15, 0.2) is 0 Å². The van der Waals surface area contributed by atoms with Gasteiger partial charge in [0.25, 0.3) is 0 Å². The molecule has 2 nitrogen and oxygen atoms in total. The first-order valence-electron chi connectivity index (χ1n) is 5.44. The van der Waals surface area contributed by atoms with Crippen molar-refractivity contribution in [1.82, 2.24) is 0 Å². The molecule has 0 aromatic heterocycles. The first-order valence-corrected chi connectivity index (χ1v) is 5.44. The van der Waals surface area contributed by atoms with Gasteiger partial charge in [-0.3, -0.25) is 0 Å². The van der Waals surface area contributed by atoms with E-state index in [0.717, 1.165) is 18.4 Å². The van der Waals surface area contributed by atoms with E-state index in [1.165, 1.54) is 25.0 Å². The van der Waals surface area contributed by atoms with Crippen LogP contribution in [0.5, 0.6) is 5.75 Å². The summed E-state index contributed by atoms with van der Waals surface area (Å²) < 4.78 is 18.9. The Morgan fingerprint density at radius 1 is 1.27 bits per heavy atom. The van der Waals surface area contributed by atoms with Crippen LogP contribution in [-0.4, -0.2) is 6.10 Å². The molecule has 1 aliphatic rings. The van der Waals surface area contributed by atoms with Gasteiger partial charge in [0.05, 0.1) is 6.10 Å². The molecule has 0 heterocycles. The van der Waals surface area contributed by atoms with Crippen molar-refractivity contribution in [3.63, 3.8) is 0 Å². The second kappa shape index (κ2) is 4.62. The molecule has 1 aromatic carbocycles. The van der Waals surface area contributed by atoms with Crippen molar-refractivity contribution in [3.8, 4) is 5.75 Å². The Labute approximate surface area is 89.2 Å². The number of hydrogen-bond donors (Lipinski definition) is 1. The standard InChI is InChI=1S/C12H16FNO/c13-10-5-9(8-14)6-12(7-10)15-11-3-1-2-4-11/h5-7,11H,1-4,8,14H2. The average Bonchev–Trinajstić information content (AvgIpc) is 2.69. The Morgan fingerprint density at radius 2 is 2.00 bits per heavy atom. The van der Waals surface area contributed by atoms with Crippen LogP contribution in [0.4, 0.5) is 4.39 Å². The fourth-order valence-corrected chi connectivity index (χ4v) is 2.01. The van der Waals surface area contributed by atoms with Crippen molar-refractivity contribution >= 4 is 0 Å². The number of nitrogens with two attached hydrogens (primary N) is 1. The quantitative estimate of drug-likeness (QED) is 0.830. The Bertz CT molecular complexity index is 334. The van der Waals surface area contributed by atoms with Gasteiger partial charge in [0.1, 0.15) is 11.6 Å². The van der Waals surface area contributed by atoms with Gasteiger partial charge in [0, 0.05) is 12.6 Å². The lowest BCUT2D eigenvalue weighted by atomic mass is 10.2. The van der Waals surface area contributed by atoms with Crippen LogP contribution in [0.1, 0.15) is 31.2 Å². The summed E-state index contributed by atoms with van der Waals surface area (Å²) in [6.07, 6.45) is 4.84. The largest absolute Gasteiger partial charge is 0.490 e. The van der Waals surface area contributed by atoms with Crippen molar-refractivity contribution < 1.29 is 9.13 Å². The molecule has 1 fully saturated rings.